The van der Waals surface area contributed by atoms with Crippen molar-refractivity contribution >= 4 is 0 Å². The normalized spacial score (nSPS) is 21.3. The van der Waals surface area contributed by atoms with Crippen LogP contribution in [0.2, 0.25) is 0 Å². The lowest BCUT2D eigenvalue weighted by Crippen LogP contribution is -2.23. The maximum Gasteiger partial charge on any atom is 0.158 e. The molecule has 0 amide bonds. The maximum atomic E-state index is 6.38. The first-order chi connectivity index (χ1) is 14.4. The van der Waals surface area contributed by atoms with Crippen molar-refractivity contribution < 1.29 is 9.47 Å². The van der Waals surface area contributed by atoms with Crippen molar-refractivity contribution in [3.63, 3.8) is 0 Å². The van der Waals surface area contributed by atoms with E-state index < -0.39 is 0 Å². The van der Waals surface area contributed by atoms with Crippen molar-refractivity contribution in [2.24, 2.45) is 0 Å². The number of ether oxygens (including phenoxy) is 2. The number of benzene rings is 3. The molecular formula is C27H30O2. The SMILES string of the molecule is c1ccc(CCC2OC(CCc3ccccc3)C(CCc3ccccc3)O2)cc1. The molecule has 0 radical (unpaired) electrons. The summed E-state index contributed by atoms with van der Waals surface area (Å²) >= 11 is 0. The van der Waals surface area contributed by atoms with Gasteiger partial charge in [0.25, 0.3) is 0 Å². The van der Waals surface area contributed by atoms with Crippen LogP contribution in [-0.4, -0.2) is 18.5 Å². The minimum absolute atomic E-state index is 0.100. The van der Waals surface area contributed by atoms with E-state index in [2.05, 4.69) is 91.0 Å². The molecule has 0 N–H and O–H groups in total. The van der Waals surface area contributed by atoms with Crippen LogP contribution in [0.3, 0.4) is 0 Å². The zero-order valence-electron chi connectivity index (χ0n) is 17.0. The van der Waals surface area contributed by atoms with E-state index in [9.17, 15) is 0 Å². The van der Waals surface area contributed by atoms with Crippen LogP contribution in [0.5, 0.6) is 0 Å². The smallest absolute Gasteiger partial charge is 0.158 e. The summed E-state index contributed by atoms with van der Waals surface area (Å²) < 4.78 is 12.8. The summed E-state index contributed by atoms with van der Waals surface area (Å²) in [5, 5.41) is 0. The van der Waals surface area contributed by atoms with Gasteiger partial charge in [-0.2, -0.15) is 0 Å². The summed E-state index contributed by atoms with van der Waals surface area (Å²) in [5.74, 6) is 0. The molecule has 1 heterocycles. The molecule has 2 unspecified atom stereocenters. The standard InChI is InChI=1S/C27H30O2/c1-4-10-22(11-5-1)16-19-25-26(20-17-23-12-6-2-7-13-23)29-27(28-25)21-18-24-14-8-3-9-15-24/h1-15,25-27H,16-21H2. The highest BCUT2D eigenvalue weighted by Gasteiger charge is 2.35. The lowest BCUT2D eigenvalue weighted by molar-refractivity contribution is -0.0710. The Morgan fingerprint density at radius 2 is 0.793 bits per heavy atom. The number of hydrogen-bond acceptors (Lipinski definition) is 2. The minimum Gasteiger partial charge on any atom is -0.347 e. The quantitative estimate of drug-likeness (QED) is 0.449. The van der Waals surface area contributed by atoms with E-state index in [1.807, 2.05) is 0 Å². The number of rotatable bonds is 9. The van der Waals surface area contributed by atoms with Gasteiger partial charge < -0.3 is 9.47 Å². The van der Waals surface area contributed by atoms with Crippen LogP contribution in [0, 0.1) is 0 Å². The Bertz CT molecular complexity index is 781. The van der Waals surface area contributed by atoms with Gasteiger partial charge in [0.15, 0.2) is 6.29 Å². The van der Waals surface area contributed by atoms with Gasteiger partial charge in [-0.3, -0.25) is 0 Å². The number of hydrogen-bond donors (Lipinski definition) is 0. The van der Waals surface area contributed by atoms with Gasteiger partial charge in [0, 0.05) is 6.42 Å². The fourth-order valence-corrected chi connectivity index (χ4v) is 4.08. The van der Waals surface area contributed by atoms with Gasteiger partial charge in [0.2, 0.25) is 0 Å². The molecule has 0 saturated carbocycles. The Morgan fingerprint density at radius 3 is 1.17 bits per heavy atom. The Labute approximate surface area is 174 Å². The molecule has 29 heavy (non-hydrogen) atoms. The molecule has 1 fully saturated rings. The zero-order chi connectivity index (χ0) is 19.7. The third-order valence-electron chi connectivity index (χ3n) is 5.70. The monoisotopic (exact) mass is 386 g/mol. The van der Waals surface area contributed by atoms with Crippen LogP contribution >= 0.6 is 0 Å². The summed E-state index contributed by atoms with van der Waals surface area (Å²) in [6, 6.07) is 32.0. The average Bonchev–Trinajstić information content (AvgIpc) is 3.19. The van der Waals surface area contributed by atoms with Gasteiger partial charge in [-0.1, -0.05) is 91.0 Å². The number of aryl methyl sites for hydroxylation is 3. The average molecular weight is 387 g/mol. The van der Waals surface area contributed by atoms with Crippen LogP contribution < -0.4 is 0 Å². The fraction of sp³-hybridized carbons (Fsp3) is 0.333. The molecule has 0 bridgehead atoms. The first-order valence-corrected chi connectivity index (χ1v) is 10.8. The van der Waals surface area contributed by atoms with Crippen LogP contribution in [0.15, 0.2) is 91.0 Å². The van der Waals surface area contributed by atoms with E-state index >= 15 is 0 Å². The molecule has 150 valence electrons. The maximum absolute atomic E-state index is 6.38. The van der Waals surface area contributed by atoms with Crippen molar-refractivity contribution in [2.75, 3.05) is 0 Å². The highest BCUT2D eigenvalue weighted by atomic mass is 16.7. The second-order valence-electron chi connectivity index (χ2n) is 7.85. The summed E-state index contributed by atoms with van der Waals surface area (Å²) in [7, 11) is 0. The molecular weight excluding hydrogens is 356 g/mol. The highest BCUT2D eigenvalue weighted by Crippen LogP contribution is 2.29. The van der Waals surface area contributed by atoms with Crippen molar-refractivity contribution in [3.8, 4) is 0 Å². The Hall–Kier alpha value is -2.42. The van der Waals surface area contributed by atoms with E-state index in [4.69, 9.17) is 9.47 Å². The van der Waals surface area contributed by atoms with Gasteiger partial charge in [0.1, 0.15) is 0 Å². The van der Waals surface area contributed by atoms with E-state index in [0.717, 1.165) is 38.5 Å². The van der Waals surface area contributed by atoms with Gasteiger partial charge in [-0.15, -0.1) is 0 Å². The molecule has 2 nitrogen and oxygen atoms in total. The Kier molecular flexibility index (Phi) is 7.12. The second-order valence-corrected chi connectivity index (χ2v) is 7.85. The molecule has 1 aliphatic heterocycles. The predicted octanol–water partition coefficient (Wildman–Crippen LogP) is 5.99. The van der Waals surface area contributed by atoms with E-state index in [0.29, 0.717) is 0 Å². The van der Waals surface area contributed by atoms with Crippen LogP contribution in [0.4, 0.5) is 0 Å². The summed E-state index contributed by atoms with van der Waals surface area (Å²) in [6.07, 6.45) is 6.20. The van der Waals surface area contributed by atoms with Crippen LogP contribution in [0.25, 0.3) is 0 Å². The highest BCUT2D eigenvalue weighted by molar-refractivity contribution is 5.17. The molecule has 3 aromatic rings. The molecule has 0 aliphatic carbocycles. The summed E-state index contributed by atoms with van der Waals surface area (Å²) in [4.78, 5) is 0. The molecule has 2 atom stereocenters. The van der Waals surface area contributed by atoms with E-state index in [1.165, 1.54) is 16.7 Å². The van der Waals surface area contributed by atoms with Gasteiger partial charge in [0.05, 0.1) is 12.2 Å². The van der Waals surface area contributed by atoms with E-state index in [1.54, 1.807) is 0 Å². The molecule has 4 rings (SSSR count). The van der Waals surface area contributed by atoms with Crippen molar-refractivity contribution in [1.29, 1.82) is 0 Å². The predicted molar refractivity (Wildman–Crippen MR) is 118 cm³/mol. The summed E-state index contributed by atoms with van der Waals surface area (Å²) in [5.41, 5.74) is 4.07. The Morgan fingerprint density at radius 1 is 0.448 bits per heavy atom. The molecule has 1 saturated heterocycles. The first-order valence-electron chi connectivity index (χ1n) is 10.8. The Balaban J connectivity index is 1.35. The van der Waals surface area contributed by atoms with Crippen molar-refractivity contribution in [1.82, 2.24) is 0 Å². The lowest BCUT2D eigenvalue weighted by atomic mass is 9.99. The van der Waals surface area contributed by atoms with Crippen molar-refractivity contribution in [2.45, 2.75) is 57.0 Å². The third kappa shape index (κ3) is 6.03. The topological polar surface area (TPSA) is 18.5 Å². The van der Waals surface area contributed by atoms with Gasteiger partial charge in [-0.05, 0) is 48.8 Å². The second kappa shape index (κ2) is 10.4. The zero-order valence-corrected chi connectivity index (χ0v) is 17.0. The first kappa shape index (κ1) is 19.9. The third-order valence-corrected chi connectivity index (χ3v) is 5.70. The van der Waals surface area contributed by atoms with Gasteiger partial charge >= 0.3 is 0 Å². The van der Waals surface area contributed by atoms with Crippen LogP contribution in [-0.2, 0) is 28.7 Å². The summed E-state index contributed by atoms with van der Waals surface area (Å²) in [6.45, 7) is 0. The van der Waals surface area contributed by atoms with Crippen molar-refractivity contribution in [3.05, 3.63) is 108 Å². The lowest BCUT2D eigenvalue weighted by Gasteiger charge is -2.16. The van der Waals surface area contributed by atoms with E-state index in [-0.39, 0.29) is 18.5 Å². The molecule has 1 aliphatic rings. The molecule has 3 aromatic carbocycles. The molecule has 2 heteroatoms. The van der Waals surface area contributed by atoms with Gasteiger partial charge in [-0.25, -0.2) is 0 Å². The molecule has 0 aromatic heterocycles. The van der Waals surface area contributed by atoms with Crippen LogP contribution in [0.1, 0.15) is 36.0 Å². The minimum atomic E-state index is -0.100. The molecule has 0 spiro atoms. The fourth-order valence-electron chi connectivity index (χ4n) is 4.08. The largest absolute Gasteiger partial charge is 0.347 e.